The van der Waals surface area contributed by atoms with E-state index in [9.17, 15) is 9.18 Å². The fourth-order valence-electron chi connectivity index (χ4n) is 2.22. The quantitative estimate of drug-likeness (QED) is 0.830. The van der Waals surface area contributed by atoms with Crippen molar-refractivity contribution in [2.45, 2.75) is 12.7 Å². The molecular formula is C16H18FN3O4. The molecule has 0 spiro atoms. The number of aromatic nitrogens is 2. The summed E-state index contributed by atoms with van der Waals surface area (Å²) in [4.78, 5) is 12.0. The van der Waals surface area contributed by atoms with E-state index < -0.39 is 0 Å². The minimum atomic E-state index is -0.369. The van der Waals surface area contributed by atoms with Crippen LogP contribution in [-0.2, 0) is 16.1 Å². The van der Waals surface area contributed by atoms with Gasteiger partial charge in [-0.05, 0) is 18.2 Å². The van der Waals surface area contributed by atoms with Crippen LogP contribution in [0.4, 0.5) is 4.39 Å². The van der Waals surface area contributed by atoms with Gasteiger partial charge < -0.3 is 19.5 Å². The minimum absolute atomic E-state index is 0.141. The fraction of sp³-hybridized carbons (Fsp3) is 0.375. The molecule has 1 aliphatic rings. The molecule has 1 atom stereocenters. The van der Waals surface area contributed by atoms with E-state index in [-0.39, 0.29) is 30.1 Å². The number of hydrogen-bond donors (Lipinski definition) is 2. The van der Waals surface area contributed by atoms with Crippen molar-refractivity contribution >= 4 is 5.91 Å². The third-order valence-corrected chi connectivity index (χ3v) is 3.43. The fourth-order valence-corrected chi connectivity index (χ4v) is 2.22. The number of aromatic amines is 1. The van der Waals surface area contributed by atoms with Crippen molar-refractivity contribution in [3.8, 4) is 5.75 Å². The second kappa shape index (κ2) is 7.89. The molecule has 1 fully saturated rings. The second-order valence-corrected chi connectivity index (χ2v) is 5.30. The smallest absolute Gasteiger partial charge is 0.271 e. The first-order chi connectivity index (χ1) is 11.7. The van der Waals surface area contributed by atoms with Gasteiger partial charge >= 0.3 is 0 Å². The summed E-state index contributed by atoms with van der Waals surface area (Å²) >= 11 is 0. The van der Waals surface area contributed by atoms with Gasteiger partial charge in [-0.2, -0.15) is 5.10 Å². The number of amides is 1. The summed E-state index contributed by atoms with van der Waals surface area (Å²) < 4.78 is 29.2. The number of benzene rings is 1. The van der Waals surface area contributed by atoms with Gasteiger partial charge in [-0.25, -0.2) is 4.39 Å². The van der Waals surface area contributed by atoms with Crippen molar-refractivity contribution in [2.75, 3.05) is 26.4 Å². The van der Waals surface area contributed by atoms with Gasteiger partial charge in [-0.3, -0.25) is 9.89 Å². The Balaban J connectivity index is 1.48. The summed E-state index contributed by atoms with van der Waals surface area (Å²) in [6, 6.07) is 7.43. The number of H-pyrrole nitrogens is 1. The maximum Gasteiger partial charge on any atom is 0.271 e. The van der Waals surface area contributed by atoms with E-state index in [4.69, 9.17) is 14.2 Å². The summed E-state index contributed by atoms with van der Waals surface area (Å²) in [6.45, 7) is 2.10. The molecule has 1 aliphatic heterocycles. The normalized spacial score (nSPS) is 17.5. The molecule has 1 aromatic heterocycles. The first-order valence-corrected chi connectivity index (χ1v) is 7.61. The van der Waals surface area contributed by atoms with Crippen LogP contribution in [-0.4, -0.2) is 48.6 Å². The highest BCUT2D eigenvalue weighted by molar-refractivity contribution is 5.92. The number of ether oxygens (including phenoxy) is 3. The Morgan fingerprint density at radius 3 is 3.12 bits per heavy atom. The Kier molecular flexibility index (Phi) is 5.39. The number of halogens is 1. The number of nitrogens with one attached hydrogen (secondary N) is 2. The minimum Gasteiger partial charge on any atom is -0.487 e. The number of hydrogen-bond acceptors (Lipinski definition) is 5. The molecule has 0 aliphatic carbocycles. The molecule has 1 amide bonds. The molecule has 128 valence electrons. The van der Waals surface area contributed by atoms with Crippen LogP contribution in [0.15, 0.2) is 30.3 Å². The van der Waals surface area contributed by atoms with Crippen LogP contribution in [0.3, 0.4) is 0 Å². The number of nitrogens with zero attached hydrogens (tertiary/aromatic N) is 1. The molecule has 8 heteroatoms. The lowest BCUT2D eigenvalue weighted by Crippen LogP contribution is -2.39. The highest BCUT2D eigenvalue weighted by Gasteiger charge is 2.17. The number of carbonyl (C=O) groups excluding carboxylic acids is 1. The molecule has 2 heterocycles. The van der Waals surface area contributed by atoms with Crippen LogP contribution >= 0.6 is 0 Å². The predicted molar refractivity (Wildman–Crippen MR) is 82.2 cm³/mol. The Morgan fingerprint density at radius 1 is 1.42 bits per heavy atom. The van der Waals surface area contributed by atoms with Gasteiger partial charge in [0.25, 0.3) is 5.91 Å². The van der Waals surface area contributed by atoms with Crippen LogP contribution in [0.25, 0.3) is 0 Å². The lowest BCUT2D eigenvalue weighted by Gasteiger charge is -2.22. The summed E-state index contributed by atoms with van der Waals surface area (Å²) in [7, 11) is 0. The van der Waals surface area contributed by atoms with Crippen molar-refractivity contribution in [2.24, 2.45) is 0 Å². The monoisotopic (exact) mass is 335 g/mol. The van der Waals surface area contributed by atoms with E-state index in [2.05, 4.69) is 15.5 Å². The molecule has 24 heavy (non-hydrogen) atoms. The zero-order chi connectivity index (χ0) is 16.8. The highest BCUT2D eigenvalue weighted by atomic mass is 19.1. The van der Waals surface area contributed by atoms with Crippen molar-refractivity contribution in [3.05, 3.63) is 47.5 Å². The molecule has 2 aromatic rings. The summed E-state index contributed by atoms with van der Waals surface area (Å²) in [5, 5.41) is 9.42. The molecule has 0 radical (unpaired) electrons. The number of carbonyl (C=O) groups is 1. The standard InChI is InChI=1S/C16H18FN3O4/c17-11-2-1-3-13(6-11)24-9-12-7-15(20-19-12)16(21)18-8-14-10-22-4-5-23-14/h1-3,6-7,14H,4-5,8-10H2,(H,18,21)(H,19,20)/t14-/m0/s1. The van der Waals surface area contributed by atoms with E-state index in [1.807, 2.05) is 0 Å². The van der Waals surface area contributed by atoms with Crippen LogP contribution in [0.5, 0.6) is 5.75 Å². The van der Waals surface area contributed by atoms with Crippen LogP contribution in [0, 0.1) is 5.82 Å². The summed E-state index contributed by atoms with van der Waals surface area (Å²) in [5.41, 5.74) is 0.867. The summed E-state index contributed by atoms with van der Waals surface area (Å²) in [6.07, 6.45) is -0.141. The van der Waals surface area contributed by atoms with Crippen molar-refractivity contribution in [1.29, 1.82) is 0 Å². The van der Waals surface area contributed by atoms with Gasteiger partial charge in [-0.15, -0.1) is 0 Å². The van der Waals surface area contributed by atoms with Gasteiger partial charge in [0.1, 0.15) is 23.9 Å². The Morgan fingerprint density at radius 2 is 2.33 bits per heavy atom. The maximum atomic E-state index is 13.1. The van der Waals surface area contributed by atoms with Gasteiger partial charge in [0.05, 0.1) is 31.6 Å². The van der Waals surface area contributed by atoms with E-state index >= 15 is 0 Å². The molecule has 0 unspecified atom stereocenters. The third-order valence-electron chi connectivity index (χ3n) is 3.43. The van der Waals surface area contributed by atoms with Crippen LogP contribution in [0.1, 0.15) is 16.2 Å². The van der Waals surface area contributed by atoms with E-state index in [1.54, 1.807) is 18.2 Å². The average Bonchev–Trinajstić information content (AvgIpc) is 3.08. The maximum absolute atomic E-state index is 13.1. The number of rotatable bonds is 6. The van der Waals surface area contributed by atoms with E-state index in [1.165, 1.54) is 12.1 Å². The topological polar surface area (TPSA) is 85.5 Å². The molecule has 0 bridgehead atoms. The predicted octanol–water partition coefficient (Wildman–Crippen LogP) is 1.27. The molecule has 1 saturated heterocycles. The summed E-state index contributed by atoms with van der Waals surface area (Å²) in [5.74, 6) is -0.270. The van der Waals surface area contributed by atoms with Gasteiger partial charge in [-0.1, -0.05) is 6.07 Å². The lowest BCUT2D eigenvalue weighted by molar-refractivity contribution is -0.0855. The van der Waals surface area contributed by atoms with Crippen LogP contribution < -0.4 is 10.1 Å². The SMILES string of the molecule is O=C(NC[C@H]1COCCO1)c1cc(COc2cccc(F)c2)[nH]n1. The van der Waals surface area contributed by atoms with Gasteiger partial charge in [0, 0.05) is 12.6 Å². The largest absolute Gasteiger partial charge is 0.487 e. The zero-order valence-electron chi connectivity index (χ0n) is 13.0. The Bertz CT molecular complexity index is 685. The zero-order valence-corrected chi connectivity index (χ0v) is 13.0. The second-order valence-electron chi connectivity index (χ2n) is 5.30. The highest BCUT2D eigenvalue weighted by Crippen LogP contribution is 2.13. The first-order valence-electron chi connectivity index (χ1n) is 7.61. The van der Waals surface area contributed by atoms with Gasteiger partial charge in [0.15, 0.2) is 0 Å². The van der Waals surface area contributed by atoms with Crippen molar-refractivity contribution in [3.63, 3.8) is 0 Å². The third kappa shape index (κ3) is 4.53. The van der Waals surface area contributed by atoms with Gasteiger partial charge in [0.2, 0.25) is 0 Å². The Hall–Kier alpha value is -2.45. The van der Waals surface area contributed by atoms with E-state index in [0.29, 0.717) is 37.8 Å². The van der Waals surface area contributed by atoms with E-state index in [0.717, 1.165) is 0 Å². The molecule has 3 rings (SSSR count). The lowest BCUT2D eigenvalue weighted by atomic mass is 10.3. The average molecular weight is 335 g/mol. The molecule has 2 N–H and O–H groups in total. The first kappa shape index (κ1) is 16.4. The van der Waals surface area contributed by atoms with Crippen molar-refractivity contribution in [1.82, 2.24) is 15.5 Å². The van der Waals surface area contributed by atoms with Crippen LogP contribution in [0.2, 0.25) is 0 Å². The molecule has 7 nitrogen and oxygen atoms in total. The molecule has 0 saturated carbocycles. The van der Waals surface area contributed by atoms with Crippen molar-refractivity contribution < 1.29 is 23.4 Å². The molecule has 1 aromatic carbocycles. The molecular weight excluding hydrogens is 317 g/mol. The Labute approximate surface area is 138 Å².